The lowest BCUT2D eigenvalue weighted by molar-refractivity contribution is -0.0955. The summed E-state index contributed by atoms with van der Waals surface area (Å²) in [5.41, 5.74) is -0.00607. The second kappa shape index (κ2) is 6.93. The molecule has 23 heavy (non-hydrogen) atoms. The topological polar surface area (TPSA) is 41.6 Å². The van der Waals surface area contributed by atoms with Gasteiger partial charge in [0.15, 0.2) is 0 Å². The lowest BCUT2D eigenvalue weighted by atomic mass is 10.1. The van der Waals surface area contributed by atoms with Gasteiger partial charge in [-0.3, -0.25) is 0 Å². The third kappa shape index (κ3) is 4.91. The monoisotopic (exact) mass is 328 g/mol. The Morgan fingerprint density at radius 3 is 2.39 bits per heavy atom. The molecule has 0 radical (unpaired) electrons. The minimum atomic E-state index is -4.31. The molecule has 7 heteroatoms. The number of urea groups is 1. The molecule has 0 saturated heterocycles. The maximum Gasteiger partial charge on any atom is 0.412 e. The number of rotatable bonds is 3. The number of carbonyl (C=O) groups excluding carboxylic acids is 1. The fourth-order valence-corrected chi connectivity index (χ4v) is 2.20. The van der Waals surface area contributed by atoms with Gasteiger partial charge in [-0.15, -0.1) is 0 Å². The first-order chi connectivity index (χ1) is 10.8. The molecule has 1 N–H and O–H groups in total. The Morgan fingerprint density at radius 2 is 1.91 bits per heavy atom. The molecule has 1 aromatic rings. The first kappa shape index (κ1) is 17.2. The summed E-state index contributed by atoms with van der Waals surface area (Å²) in [5.74, 6) is 0.689. The molecule has 1 aliphatic heterocycles. The highest BCUT2D eigenvalue weighted by Gasteiger charge is 2.35. The first-order valence-electron chi connectivity index (χ1n) is 7.34. The van der Waals surface area contributed by atoms with E-state index in [-0.39, 0.29) is 25.6 Å². The third-order valence-corrected chi connectivity index (χ3v) is 3.34. The molecule has 2 amide bonds. The van der Waals surface area contributed by atoms with E-state index in [1.165, 1.54) is 4.90 Å². The van der Waals surface area contributed by atoms with Gasteiger partial charge in [0.2, 0.25) is 0 Å². The van der Waals surface area contributed by atoms with Crippen LogP contribution in [-0.2, 0) is 0 Å². The van der Waals surface area contributed by atoms with Gasteiger partial charge in [-0.05, 0) is 44.5 Å². The highest BCUT2D eigenvalue weighted by atomic mass is 19.4. The smallest absolute Gasteiger partial charge is 0.412 e. The van der Waals surface area contributed by atoms with Gasteiger partial charge in [-0.2, -0.15) is 13.2 Å². The van der Waals surface area contributed by atoms with Crippen molar-refractivity contribution < 1.29 is 22.7 Å². The van der Waals surface area contributed by atoms with Crippen molar-refractivity contribution in [1.82, 2.24) is 4.90 Å². The number of amides is 2. The molecule has 0 atom stereocenters. The predicted octanol–water partition coefficient (Wildman–Crippen LogP) is 4.20. The summed E-state index contributed by atoms with van der Waals surface area (Å²) in [6, 6.07) is 6.42. The first-order valence-corrected chi connectivity index (χ1v) is 7.34. The summed E-state index contributed by atoms with van der Waals surface area (Å²) in [6.07, 6.45) is -3.38. The second-order valence-electron chi connectivity index (χ2n) is 5.54. The van der Waals surface area contributed by atoms with E-state index in [0.29, 0.717) is 11.4 Å². The lowest BCUT2D eigenvalue weighted by Gasteiger charge is -2.27. The quantitative estimate of drug-likeness (QED) is 0.845. The second-order valence-corrected chi connectivity index (χ2v) is 5.54. The standard InChI is InChI=1S/C16H19F3N2O2/c1-11(2)23-14-5-3-13(4-6-14)20-15(22)21-9-7-12(8-10-21)16(17,18)19/h3-7,11H,8-10H2,1-2H3,(H,20,22). The fourth-order valence-electron chi connectivity index (χ4n) is 2.20. The van der Waals surface area contributed by atoms with Crippen molar-refractivity contribution in [3.8, 4) is 5.75 Å². The van der Waals surface area contributed by atoms with E-state index in [9.17, 15) is 18.0 Å². The van der Waals surface area contributed by atoms with Gasteiger partial charge >= 0.3 is 12.2 Å². The normalized spacial score (nSPS) is 15.4. The van der Waals surface area contributed by atoms with Gasteiger partial charge in [0.05, 0.1) is 6.10 Å². The number of carbonyl (C=O) groups is 1. The lowest BCUT2D eigenvalue weighted by Crippen LogP contribution is -2.39. The van der Waals surface area contributed by atoms with Crippen molar-refractivity contribution >= 4 is 11.7 Å². The van der Waals surface area contributed by atoms with Crippen LogP contribution in [0.25, 0.3) is 0 Å². The molecule has 0 aliphatic carbocycles. The molecule has 0 aromatic heterocycles. The number of hydrogen-bond donors (Lipinski definition) is 1. The van der Waals surface area contributed by atoms with E-state index in [0.717, 1.165) is 6.08 Å². The highest BCUT2D eigenvalue weighted by Crippen LogP contribution is 2.30. The Kier molecular flexibility index (Phi) is 5.18. The van der Waals surface area contributed by atoms with Crippen molar-refractivity contribution in [2.45, 2.75) is 32.5 Å². The third-order valence-electron chi connectivity index (χ3n) is 3.34. The Balaban J connectivity index is 1.91. The van der Waals surface area contributed by atoms with E-state index < -0.39 is 17.8 Å². The molecule has 0 fully saturated rings. The molecule has 0 bridgehead atoms. The zero-order valence-corrected chi connectivity index (χ0v) is 13.0. The fraction of sp³-hybridized carbons (Fsp3) is 0.438. The van der Waals surface area contributed by atoms with Gasteiger partial charge in [-0.25, -0.2) is 4.79 Å². The number of alkyl halides is 3. The van der Waals surface area contributed by atoms with Crippen LogP contribution in [0.3, 0.4) is 0 Å². The Hall–Kier alpha value is -2.18. The van der Waals surface area contributed by atoms with E-state index in [4.69, 9.17) is 4.74 Å². The summed E-state index contributed by atoms with van der Waals surface area (Å²) in [4.78, 5) is 13.4. The maximum atomic E-state index is 12.5. The predicted molar refractivity (Wildman–Crippen MR) is 81.6 cm³/mol. The summed E-state index contributed by atoms with van der Waals surface area (Å²) < 4.78 is 43.1. The van der Waals surface area contributed by atoms with E-state index >= 15 is 0 Å². The number of nitrogens with zero attached hydrogens (tertiary/aromatic N) is 1. The van der Waals surface area contributed by atoms with Crippen molar-refractivity contribution in [2.24, 2.45) is 0 Å². The van der Waals surface area contributed by atoms with Gasteiger partial charge in [0.25, 0.3) is 0 Å². The van der Waals surface area contributed by atoms with Crippen molar-refractivity contribution in [1.29, 1.82) is 0 Å². The van der Waals surface area contributed by atoms with Crippen LogP contribution in [0, 0.1) is 0 Å². The summed E-state index contributed by atoms with van der Waals surface area (Å²) >= 11 is 0. The minimum absolute atomic E-state index is 0.0464. The maximum absolute atomic E-state index is 12.5. The van der Waals surface area contributed by atoms with Crippen molar-refractivity contribution in [2.75, 3.05) is 18.4 Å². The van der Waals surface area contributed by atoms with Crippen molar-refractivity contribution in [3.63, 3.8) is 0 Å². The minimum Gasteiger partial charge on any atom is -0.491 e. The van der Waals surface area contributed by atoms with Crippen LogP contribution in [0.15, 0.2) is 35.9 Å². The van der Waals surface area contributed by atoms with Gasteiger partial charge in [0, 0.05) is 24.4 Å². The Labute approximate surface area is 132 Å². The number of hydrogen-bond acceptors (Lipinski definition) is 2. The van der Waals surface area contributed by atoms with Gasteiger partial charge in [-0.1, -0.05) is 6.08 Å². The van der Waals surface area contributed by atoms with E-state index in [1.54, 1.807) is 24.3 Å². The zero-order chi connectivity index (χ0) is 17.0. The Morgan fingerprint density at radius 1 is 1.26 bits per heavy atom. The molecule has 1 heterocycles. The van der Waals surface area contributed by atoms with Crippen LogP contribution in [0.4, 0.5) is 23.7 Å². The molecule has 4 nitrogen and oxygen atoms in total. The number of benzene rings is 1. The number of ether oxygens (including phenoxy) is 1. The van der Waals surface area contributed by atoms with Crippen LogP contribution in [0.2, 0.25) is 0 Å². The summed E-state index contributed by atoms with van der Waals surface area (Å²) in [7, 11) is 0. The molecule has 1 aliphatic rings. The van der Waals surface area contributed by atoms with E-state index in [1.807, 2.05) is 13.8 Å². The highest BCUT2D eigenvalue weighted by molar-refractivity contribution is 5.89. The van der Waals surface area contributed by atoms with Gasteiger partial charge < -0.3 is 15.0 Å². The summed E-state index contributed by atoms with van der Waals surface area (Å²) in [5, 5.41) is 2.67. The zero-order valence-electron chi connectivity index (χ0n) is 13.0. The molecule has 2 rings (SSSR count). The summed E-state index contributed by atoms with van der Waals surface area (Å²) in [6.45, 7) is 3.82. The molecule has 0 saturated carbocycles. The van der Waals surface area contributed by atoms with Gasteiger partial charge in [0.1, 0.15) is 5.75 Å². The Bertz CT molecular complexity index is 580. The molecule has 0 unspecified atom stereocenters. The number of halogens is 3. The number of nitrogens with one attached hydrogen (secondary N) is 1. The molecule has 126 valence electrons. The van der Waals surface area contributed by atoms with Crippen LogP contribution >= 0.6 is 0 Å². The number of anilines is 1. The van der Waals surface area contributed by atoms with Crippen LogP contribution in [0.5, 0.6) is 5.75 Å². The average Bonchev–Trinajstić information content (AvgIpc) is 2.48. The molecular formula is C16H19F3N2O2. The molecule has 0 spiro atoms. The van der Waals surface area contributed by atoms with E-state index in [2.05, 4.69) is 5.32 Å². The van der Waals surface area contributed by atoms with Crippen LogP contribution in [0.1, 0.15) is 20.3 Å². The van der Waals surface area contributed by atoms with Crippen LogP contribution in [-0.4, -0.2) is 36.3 Å². The molecular weight excluding hydrogens is 309 g/mol. The molecule has 1 aromatic carbocycles. The average molecular weight is 328 g/mol. The van der Waals surface area contributed by atoms with Crippen LogP contribution < -0.4 is 10.1 Å². The van der Waals surface area contributed by atoms with Crippen molar-refractivity contribution in [3.05, 3.63) is 35.9 Å². The largest absolute Gasteiger partial charge is 0.491 e. The SMILES string of the molecule is CC(C)Oc1ccc(NC(=O)N2CC=C(C(F)(F)F)CC2)cc1.